The van der Waals surface area contributed by atoms with Crippen molar-refractivity contribution < 1.29 is 14.6 Å². The molecule has 1 amide bonds. The predicted octanol–water partition coefficient (Wildman–Crippen LogP) is 3.34. The van der Waals surface area contributed by atoms with E-state index in [4.69, 9.17) is 0 Å². The molecule has 0 saturated heterocycles. The van der Waals surface area contributed by atoms with Crippen LogP contribution in [0.5, 0.6) is 0 Å². The van der Waals surface area contributed by atoms with Gasteiger partial charge in [0, 0.05) is 19.2 Å². The van der Waals surface area contributed by atoms with Crippen molar-refractivity contribution in [2.45, 2.75) is 13.0 Å². The van der Waals surface area contributed by atoms with Crippen LogP contribution < -0.4 is 0 Å². The van der Waals surface area contributed by atoms with Crippen LogP contribution in [0.1, 0.15) is 28.9 Å². The molecule has 2 aromatic rings. The molecule has 8 nitrogen and oxygen atoms in total. The third-order valence-corrected chi connectivity index (χ3v) is 3.75. The number of hydrogen-bond acceptors (Lipinski definition) is 5. The minimum atomic E-state index is -0.760. The fourth-order valence-electron chi connectivity index (χ4n) is 2.26. The second-order valence-electron chi connectivity index (χ2n) is 5.26. The number of rotatable bonds is 5. The van der Waals surface area contributed by atoms with Gasteiger partial charge in [-0.1, -0.05) is 30.3 Å². The van der Waals surface area contributed by atoms with Gasteiger partial charge < -0.3 is 4.90 Å². The summed E-state index contributed by atoms with van der Waals surface area (Å²) >= 11 is 0. The van der Waals surface area contributed by atoms with Crippen LogP contribution in [0.15, 0.2) is 48.5 Å². The monoisotopic (exact) mass is 329 g/mol. The molecule has 8 heteroatoms. The first-order chi connectivity index (χ1) is 11.3. The topological polar surface area (TPSA) is 107 Å². The Morgan fingerprint density at radius 2 is 1.50 bits per heavy atom. The molecule has 0 unspecified atom stereocenters. The van der Waals surface area contributed by atoms with Crippen molar-refractivity contribution >= 4 is 17.3 Å². The highest BCUT2D eigenvalue weighted by molar-refractivity contribution is 5.95. The molecular weight excluding hydrogens is 314 g/mol. The molecule has 0 aliphatic carbocycles. The fourth-order valence-corrected chi connectivity index (χ4v) is 2.26. The molecule has 2 rings (SSSR count). The Bertz CT molecular complexity index is 759. The Kier molecular flexibility index (Phi) is 4.88. The van der Waals surface area contributed by atoms with Crippen LogP contribution >= 0.6 is 0 Å². The van der Waals surface area contributed by atoms with Gasteiger partial charge in [0.2, 0.25) is 0 Å². The van der Waals surface area contributed by atoms with Crippen molar-refractivity contribution in [2.75, 3.05) is 7.05 Å². The molecule has 0 radical (unpaired) electrons. The number of nitro benzene ring substituents is 2. The van der Waals surface area contributed by atoms with E-state index < -0.39 is 27.1 Å². The summed E-state index contributed by atoms with van der Waals surface area (Å²) in [5.74, 6) is -0.529. The SMILES string of the molecule is C[C@H](c1ccccc1)N(C)C(=O)c1cc([N+](=O)[O-])cc([N+](=O)[O-])c1. The molecule has 0 aliphatic heterocycles. The van der Waals surface area contributed by atoms with Crippen LogP contribution in [0.4, 0.5) is 11.4 Å². The van der Waals surface area contributed by atoms with Gasteiger partial charge >= 0.3 is 0 Å². The number of nitro groups is 2. The van der Waals surface area contributed by atoms with Crippen molar-refractivity contribution in [1.82, 2.24) is 4.90 Å². The number of carbonyl (C=O) groups is 1. The van der Waals surface area contributed by atoms with E-state index in [1.54, 1.807) is 14.0 Å². The van der Waals surface area contributed by atoms with Crippen LogP contribution in [0.25, 0.3) is 0 Å². The van der Waals surface area contributed by atoms with Gasteiger partial charge in [-0.25, -0.2) is 0 Å². The standard InChI is InChI=1S/C16H15N3O5/c1-11(12-6-4-3-5-7-12)17(2)16(20)13-8-14(18(21)22)10-15(9-13)19(23)24/h3-11H,1-2H3/t11-/m1/s1. The summed E-state index contributed by atoms with van der Waals surface area (Å²) in [7, 11) is 1.55. The summed E-state index contributed by atoms with van der Waals surface area (Å²) in [4.78, 5) is 34.3. The smallest absolute Gasteiger partial charge is 0.277 e. The summed E-state index contributed by atoms with van der Waals surface area (Å²) in [6.45, 7) is 1.80. The average Bonchev–Trinajstić information content (AvgIpc) is 2.60. The van der Waals surface area contributed by atoms with Gasteiger partial charge in [-0.05, 0) is 12.5 Å². The normalized spacial score (nSPS) is 11.6. The van der Waals surface area contributed by atoms with E-state index in [1.165, 1.54) is 4.90 Å². The molecule has 0 heterocycles. The molecule has 0 bridgehead atoms. The van der Waals surface area contributed by atoms with Crippen molar-refractivity contribution in [1.29, 1.82) is 0 Å². The van der Waals surface area contributed by atoms with Gasteiger partial charge in [-0.3, -0.25) is 25.0 Å². The Balaban J connectivity index is 2.38. The van der Waals surface area contributed by atoms with Gasteiger partial charge in [-0.2, -0.15) is 0 Å². The molecule has 0 saturated carbocycles. The van der Waals surface area contributed by atoms with Crippen LogP contribution in [0, 0.1) is 20.2 Å². The summed E-state index contributed by atoms with van der Waals surface area (Å²) in [6.07, 6.45) is 0. The van der Waals surface area contributed by atoms with Gasteiger partial charge in [-0.15, -0.1) is 0 Å². The number of non-ortho nitro benzene ring substituents is 2. The number of hydrogen-bond donors (Lipinski definition) is 0. The van der Waals surface area contributed by atoms with E-state index in [1.807, 2.05) is 30.3 Å². The minimum absolute atomic E-state index is 0.0961. The zero-order chi connectivity index (χ0) is 17.9. The molecule has 2 aromatic carbocycles. The quantitative estimate of drug-likeness (QED) is 0.617. The summed E-state index contributed by atoms with van der Waals surface area (Å²) in [5, 5.41) is 21.9. The second kappa shape index (κ2) is 6.86. The summed E-state index contributed by atoms with van der Waals surface area (Å²) in [5.41, 5.74) is -0.198. The van der Waals surface area contributed by atoms with E-state index in [0.717, 1.165) is 23.8 Å². The van der Waals surface area contributed by atoms with E-state index >= 15 is 0 Å². The van der Waals surface area contributed by atoms with Gasteiger partial charge in [0.15, 0.2) is 0 Å². The van der Waals surface area contributed by atoms with Crippen molar-refractivity contribution in [3.8, 4) is 0 Å². The third-order valence-electron chi connectivity index (χ3n) is 3.75. The van der Waals surface area contributed by atoms with E-state index in [-0.39, 0.29) is 11.6 Å². The van der Waals surface area contributed by atoms with Crippen LogP contribution in [0.2, 0.25) is 0 Å². The molecule has 124 valence electrons. The first-order valence-corrected chi connectivity index (χ1v) is 7.07. The Morgan fingerprint density at radius 1 is 1.00 bits per heavy atom. The van der Waals surface area contributed by atoms with Crippen molar-refractivity contribution in [2.24, 2.45) is 0 Å². The molecule has 1 atom stereocenters. The average molecular weight is 329 g/mol. The summed E-state index contributed by atoms with van der Waals surface area (Å²) < 4.78 is 0. The van der Waals surface area contributed by atoms with Crippen LogP contribution in [0.3, 0.4) is 0 Å². The molecule has 0 spiro atoms. The highest BCUT2D eigenvalue weighted by Gasteiger charge is 2.24. The lowest BCUT2D eigenvalue weighted by Gasteiger charge is -2.25. The van der Waals surface area contributed by atoms with Crippen molar-refractivity contribution in [3.05, 3.63) is 79.9 Å². The lowest BCUT2D eigenvalue weighted by Crippen LogP contribution is -2.29. The largest absolute Gasteiger partial charge is 0.335 e. The third kappa shape index (κ3) is 3.54. The maximum atomic E-state index is 12.6. The Hall–Kier alpha value is -3.29. The van der Waals surface area contributed by atoms with E-state index in [2.05, 4.69) is 0 Å². The first-order valence-electron chi connectivity index (χ1n) is 7.07. The number of amides is 1. The van der Waals surface area contributed by atoms with E-state index in [9.17, 15) is 25.0 Å². The highest BCUT2D eigenvalue weighted by Crippen LogP contribution is 2.26. The highest BCUT2D eigenvalue weighted by atomic mass is 16.6. The lowest BCUT2D eigenvalue weighted by molar-refractivity contribution is -0.394. The van der Waals surface area contributed by atoms with E-state index in [0.29, 0.717) is 0 Å². The van der Waals surface area contributed by atoms with Gasteiger partial charge in [0.05, 0.1) is 27.5 Å². The number of benzene rings is 2. The number of nitrogens with zero attached hydrogens (tertiary/aromatic N) is 3. The molecule has 0 fully saturated rings. The van der Waals surface area contributed by atoms with Crippen LogP contribution in [-0.2, 0) is 0 Å². The predicted molar refractivity (Wildman–Crippen MR) is 86.7 cm³/mol. The van der Waals surface area contributed by atoms with Crippen molar-refractivity contribution in [3.63, 3.8) is 0 Å². The van der Waals surface area contributed by atoms with Crippen LogP contribution in [-0.4, -0.2) is 27.7 Å². The maximum Gasteiger partial charge on any atom is 0.277 e. The first kappa shape index (κ1) is 17.1. The molecular formula is C16H15N3O5. The molecule has 0 N–H and O–H groups in total. The summed E-state index contributed by atoms with van der Waals surface area (Å²) in [6, 6.07) is 11.9. The Morgan fingerprint density at radius 3 is 1.96 bits per heavy atom. The fraction of sp³-hybridized carbons (Fsp3) is 0.188. The molecule has 24 heavy (non-hydrogen) atoms. The van der Waals surface area contributed by atoms with Gasteiger partial charge in [0.1, 0.15) is 0 Å². The zero-order valence-corrected chi connectivity index (χ0v) is 13.1. The molecule has 0 aromatic heterocycles. The Labute approximate surface area is 137 Å². The van der Waals surface area contributed by atoms with Gasteiger partial charge in [0.25, 0.3) is 17.3 Å². The lowest BCUT2D eigenvalue weighted by atomic mass is 10.1. The second-order valence-corrected chi connectivity index (χ2v) is 5.26. The number of carbonyl (C=O) groups excluding carboxylic acids is 1. The minimum Gasteiger partial charge on any atom is -0.335 e. The molecule has 0 aliphatic rings. The maximum absolute atomic E-state index is 12.6. The zero-order valence-electron chi connectivity index (χ0n) is 13.1.